The average Bonchev–Trinajstić information content (AvgIpc) is 2.34. The highest BCUT2D eigenvalue weighted by Crippen LogP contribution is 2.25. The number of hydrogen-bond donors (Lipinski definition) is 3. The van der Waals surface area contributed by atoms with E-state index in [-0.39, 0.29) is 5.75 Å². The summed E-state index contributed by atoms with van der Waals surface area (Å²) >= 11 is 0. The first kappa shape index (κ1) is 6.03. The zero-order valence-corrected chi connectivity index (χ0v) is 5.70. The van der Waals surface area contributed by atoms with Crippen molar-refractivity contribution in [1.29, 1.82) is 0 Å². The number of hydrogen-bond acceptors (Lipinski definition) is 3. The van der Waals surface area contributed by atoms with Gasteiger partial charge in [-0.2, -0.15) is 5.10 Å². The van der Waals surface area contributed by atoms with Gasteiger partial charge < -0.3 is 10.8 Å². The van der Waals surface area contributed by atoms with Gasteiger partial charge in [0, 0.05) is 11.8 Å². The molecule has 0 radical (unpaired) electrons. The van der Waals surface area contributed by atoms with Crippen molar-refractivity contribution in [2.45, 2.75) is 0 Å². The minimum Gasteiger partial charge on any atom is -0.507 e. The van der Waals surface area contributed by atoms with Gasteiger partial charge in [0.1, 0.15) is 5.75 Å². The SMILES string of the molecule is Nc1cc(O)c2cn[nH]c2c1. The molecule has 0 amide bonds. The second kappa shape index (κ2) is 1.88. The van der Waals surface area contributed by atoms with Crippen LogP contribution in [0.1, 0.15) is 0 Å². The number of aromatic hydroxyl groups is 1. The van der Waals surface area contributed by atoms with Crippen LogP contribution in [-0.4, -0.2) is 15.3 Å². The maximum atomic E-state index is 9.30. The molecule has 4 N–H and O–H groups in total. The first-order valence-corrected chi connectivity index (χ1v) is 3.19. The third-order valence-electron chi connectivity index (χ3n) is 1.56. The number of nitrogens with two attached hydrogens (primary N) is 1. The molecule has 0 fully saturated rings. The molecule has 0 saturated carbocycles. The summed E-state index contributed by atoms with van der Waals surface area (Å²) in [6.07, 6.45) is 1.56. The molecule has 0 saturated heterocycles. The van der Waals surface area contributed by atoms with Crippen molar-refractivity contribution in [2.75, 3.05) is 5.73 Å². The Bertz CT molecular complexity index is 393. The lowest BCUT2D eigenvalue weighted by atomic mass is 10.2. The molecule has 56 valence electrons. The monoisotopic (exact) mass is 149 g/mol. The van der Waals surface area contributed by atoms with Gasteiger partial charge in [0.15, 0.2) is 0 Å². The number of nitrogens with one attached hydrogen (secondary N) is 1. The Morgan fingerprint density at radius 1 is 1.45 bits per heavy atom. The summed E-state index contributed by atoms with van der Waals surface area (Å²) in [6.45, 7) is 0. The summed E-state index contributed by atoms with van der Waals surface area (Å²) in [7, 11) is 0. The maximum Gasteiger partial charge on any atom is 0.128 e. The Morgan fingerprint density at radius 3 is 3.09 bits per heavy atom. The van der Waals surface area contributed by atoms with Crippen molar-refractivity contribution in [3.8, 4) is 5.75 Å². The lowest BCUT2D eigenvalue weighted by Crippen LogP contribution is -1.83. The van der Waals surface area contributed by atoms with E-state index in [1.165, 1.54) is 6.07 Å². The predicted molar refractivity (Wildman–Crippen MR) is 42.2 cm³/mol. The summed E-state index contributed by atoms with van der Waals surface area (Å²) in [5.41, 5.74) is 6.76. The molecule has 4 nitrogen and oxygen atoms in total. The number of nitrogens with zero attached hydrogens (tertiary/aromatic N) is 1. The molecule has 0 aliphatic carbocycles. The summed E-state index contributed by atoms with van der Waals surface area (Å²) in [4.78, 5) is 0. The largest absolute Gasteiger partial charge is 0.507 e. The number of benzene rings is 1. The van der Waals surface area contributed by atoms with Gasteiger partial charge in [0.2, 0.25) is 0 Å². The van der Waals surface area contributed by atoms with Gasteiger partial charge in [-0.05, 0) is 6.07 Å². The Hall–Kier alpha value is -1.71. The van der Waals surface area contributed by atoms with E-state index in [0.29, 0.717) is 11.1 Å². The van der Waals surface area contributed by atoms with Gasteiger partial charge in [-0.3, -0.25) is 5.10 Å². The van der Waals surface area contributed by atoms with Crippen molar-refractivity contribution in [3.63, 3.8) is 0 Å². The van der Waals surface area contributed by atoms with E-state index in [9.17, 15) is 5.11 Å². The molecule has 1 aromatic carbocycles. The Kier molecular flexibility index (Phi) is 1.03. The molecular weight excluding hydrogens is 142 g/mol. The summed E-state index contributed by atoms with van der Waals surface area (Å²) < 4.78 is 0. The number of aromatic amines is 1. The second-order valence-corrected chi connectivity index (χ2v) is 2.37. The van der Waals surface area contributed by atoms with Gasteiger partial charge in [-0.15, -0.1) is 0 Å². The Labute approximate surface area is 62.6 Å². The number of fused-ring (bicyclic) bond motifs is 1. The third-order valence-corrected chi connectivity index (χ3v) is 1.56. The number of anilines is 1. The van der Waals surface area contributed by atoms with E-state index in [1.807, 2.05) is 0 Å². The molecule has 0 spiro atoms. The Morgan fingerprint density at radius 2 is 2.27 bits per heavy atom. The van der Waals surface area contributed by atoms with Crippen LogP contribution in [-0.2, 0) is 0 Å². The number of H-pyrrole nitrogens is 1. The van der Waals surface area contributed by atoms with E-state index < -0.39 is 0 Å². The first-order chi connectivity index (χ1) is 5.27. The zero-order valence-electron chi connectivity index (χ0n) is 5.70. The highest BCUT2D eigenvalue weighted by Gasteiger charge is 2.01. The van der Waals surface area contributed by atoms with E-state index in [0.717, 1.165) is 5.52 Å². The maximum absolute atomic E-state index is 9.30. The van der Waals surface area contributed by atoms with Gasteiger partial charge in [-0.25, -0.2) is 0 Å². The highest BCUT2D eigenvalue weighted by molar-refractivity contribution is 5.87. The van der Waals surface area contributed by atoms with Gasteiger partial charge in [0.25, 0.3) is 0 Å². The molecular formula is C7H7N3O. The van der Waals surface area contributed by atoms with E-state index in [2.05, 4.69) is 10.2 Å². The van der Waals surface area contributed by atoms with Crippen molar-refractivity contribution in [3.05, 3.63) is 18.3 Å². The molecule has 2 aromatic rings. The van der Waals surface area contributed by atoms with E-state index in [1.54, 1.807) is 12.3 Å². The van der Waals surface area contributed by atoms with Crippen molar-refractivity contribution in [1.82, 2.24) is 10.2 Å². The first-order valence-electron chi connectivity index (χ1n) is 3.19. The van der Waals surface area contributed by atoms with Crippen LogP contribution in [0.5, 0.6) is 5.75 Å². The molecule has 0 atom stereocenters. The fraction of sp³-hybridized carbons (Fsp3) is 0. The molecule has 0 unspecified atom stereocenters. The summed E-state index contributed by atoms with van der Waals surface area (Å²) in [5.74, 6) is 0.161. The van der Waals surface area contributed by atoms with Crippen LogP contribution in [0.15, 0.2) is 18.3 Å². The molecule has 0 bridgehead atoms. The minimum atomic E-state index is 0.161. The lowest BCUT2D eigenvalue weighted by Gasteiger charge is -1.95. The fourth-order valence-corrected chi connectivity index (χ4v) is 1.05. The van der Waals surface area contributed by atoms with Gasteiger partial charge in [-0.1, -0.05) is 0 Å². The third kappa shape index (κ3) is 0.797. The number of phenols is 1. The summed E-state index contributed by atoms with van der Waals surface area (Å²) in [6, 6.07) is 3.22. The normalized spacial score (nSPS) is 10.5. The molecule has 2 rings (SSSR count). The standard InChI is InChI=1S/C7H7N3O/c8-4-1-6-5(3-9-10-6)7(11)2-4/h1-3,11H,8H2,(H,9,10). The van der Waals surface area contributed by atoms with Crippen LogP contribution >= 0.6 is 0 Å². The van der Waals surface area contributed by atoms with E-state index in [4.69, 9.17) is 5.73 Å². The van der Waals surface area contributed by atoms with Crippen LogP contribution in [0.3, 0.4) is 0 Å². The lowest BCUT2D eigenvalue weighted by molar-refractivity contribution is 0.482. The molecule has 1 heterocycles. The van der Waals surface area contributed by atoms with Crippen LogP contribution < -0.4 is 5.73 Å². The van der Waals surface area contributed by atoms with Gasteiger partial charge >= 0.3 is 0 Å². The number of rotatable bonds is 0. The molecule has 0 aliphatic heterocycles. The van der Waals surface area contributed by atoms with Crippen molar-refractivity contribution >= 4 is 16.6 Å². The van der Waals surface area contributed by atoms with Crippen molar-refractivity contribution < 1.29 is 5.11 Å². The highest BCUT2D eigenvalue weighted by atomic mass is 16.3. The average molecular weight is 149 g/mol. The molecule has 1 aromatic heterocycles. The topological polar surface area (TPSA) is 74.9 Å². The molecule has 4 heteroatoms. The second-order valence-electron chi connectivity index (χ2n) is 2.37. The smallest absolute Gasteiger partial charge is 0.128 e. The summed E-state index contributed by atoms with van der Waals surface area (Å²) in [5, 5.41) is 16.5. The number of phenolic OH excluding ortho intramolecular Hbond substituents is 1. The van der Waals surface area contributed by atoms with Crippen LogP contribution in [0.4, 0.5) is 5.69 Å². The molecule has 11 heavy (non-hydrogen) atoms. The van der Waals surface area contributed by atoms with Crippen LogP contribution in [0.25, 0.3) is 10.9 Å². The minimum absolute atomic E-state index is 0.161. The van der Waals surface area contributed by atoms with Gasteiger partial charge in [0.05, 0.1) is 17.1 Å². The fourth-order valence-electron chi connectivity index (χ4n) is 1.05. The Balaban J connectivity index is 2.91. The van der Waals surface area contributed by atoms with Crippen LogP contribution in [0, 0.1) is 0 Å². The van der Waals surface area contributed by atoms with E-state index >= 15 is 0 Å². The number of aromatic nitrogens is 2. The molecule has 0 aliphatic rings. The van der Waals surface area contributed by atoms with Crippen molar-refractivity contribution in [2.24, 2.45) is 0 Å². The quantitative estimate of drug-likeness (QED) is 0.486. The number of nitrogen functional groups attached to an aromatic ring is 1. The zero-order chi connectivity index (χ0) is 7.84. The predicted octanol–water partition coefficient (Wildman–Crippen LogP) is 0.851. The van der Waals surface area contributed by atoms with Crippen LogP contribution in [0.2, 0.25) is 0 Å².